The monoisotopic (exact) mass is 820 g/mol. The Labute approximate surface area is 346 Å². The number of hydrogen-bond acceptors (Lipinski definition) is 11. The molecule has 1 aliphatic carbocycles. The summed E-state index contributed by atoms with van der Waals surface area (Å²) in [5.74, 6) is -2.65. The number of carbonyl (C=O) groups is 5. The third-order valence-corrected chi connectivity index (χ3v) is 11.2. The van der Waals surface area contributed by atoms with Gasteiger partial charge in [0.1, 0.15) is 18.5 Å². The minimum atomic E-state index is -0.928. The van der Waals surface area contributed by atoms with Crippen molar-refractivity contribution in [3.8, 4) is 11.1 Å². The van der Waals surface area contributed by atoms with Gasteiger partial charge in [0, 0.05) is 56.2 Å². The molecule has 13 nitrogen and oxygen atoms in total. The highest BCUT2D eigenvalue weighted by Crippen LogP contribution is 2.44. The van der Waals surface area contributed by atoms with Crippen LogP contribution in [0.5, 0.6) is 0 Å². The third-order valence-electron chi connectivity index (χ3n) is 10.8. The molecule has 7 rings (SSSR count). The van der Waals surface area contributed by atoms with Gasteiger partial charge >= 0.3 is 12.1 Å². The van der Waals surface area contributed by atoms with Crippen molar-refractivity contribution in [2.75, 3.05) is 67.6 Å². The van der Waals surface area contributed by atoms with Crippen LogP contribution in [-0.2, 0) is 23.9 Å². The van der Waals surface area contributed by atoms with Crippen LogP contribution in [0, 0.1) is 5.82 Å². The van der Waals surface area contributed by atoms with Gasteiger partial charge in [-0.05, 0) is 71.1 Å². The van der Waals surface area contributed by atoms with E-state index in [9.17, 15) is 24.0 Å². The normalized spacial score (nSPS) is 15.9. The number of rotatable bonds is 16. The van der Waals surface area contributed by atoms with E-state index in [-0.39, 0.29) is 50.1 Å². The molecule has 2 amide bonds. The van der Waals surface area contributed by atoms with E-state index in [2.05, 4.69) is 16.2 Å². The van der Waals surface area contributed by atoms with Crippen LogP contribution in [0.15, 0.2) is 91.0 Å². The second-order valence-corrected chi connectivity index (χ2v) is 15.0. The molecule has 2 heterocycles. The van der Waals surface area contributed by atoms with Gasteiger partial charge in [-0.25, -0.2) is 19.4 Å². The second kappa shape index (κ2) is 18.6. The van der Waals surface area contributed by atoms with E-state index in [0.29, 0.717) is 66.8 Å². The quantitative estimate of drug-likeness (QED) is 0.0423. The lowest BCUT2D eigenvalue weighted by Gasteiger charge is -2.36. The smallest absolute Gasteiger partial charge is 0.414 e. The summed E-state index contributed by atoms with van der Waals surface area (Å²) in [5, 5.41) is 3.07. The van der Waals surface area contributed by atoms with Crippen LogP contribution >= 0.6 is 12.2 Å². The largest absolute Gasteiger partial charge is 0.459 e. The molecule has 0 aromatic heterocycles. The van der Waals surface area contributed by atoms with Gasteiger partial charge in [0.25, 0.3) is 5.78 Å². The number of nitrogens with zero attached hydrogens (tertiary/aromatic N) is 3. The molecule has 2 aliphatic heterocycles. The number of hydrogen-bond donors (Lipinski definition) is 3. The van der Waals surface area contributed by atoms with Crippen LogP contribution in [0.4, 0.5) is 26.2 Å². The number of amides is 2. The van der Waals surface area contributed by atoms with E-state index in [1.807, 2.05) is 60.4 Å². The fraction of sp³-hybridized carbons (Fsp3) is 0.318. The van der Waals surface area contributed by atoms with Crippen molar-refractivity contribution in [2.24, 2.45) is 0 Å². The van der Waals surface area contributed by atoms with E-state index in [1.165, 1.54) is 11.0 Å². The number of ether oxygens (including phenoxy) is 2. The zero-order valence-corrected chi connectivity index (χ0v) is 33.4. The molecule has 0 spiro atoms. The summed E-state index contributed by atoms with van der Waals surface area (Å²) in [7, 11) is 0. The van der Waals surface area contributed by atoms with Crippen molar-refractivity contribution in [1.29, 1.82) is 0 Å². The first-order valence-corrected chi connectivity index (χ1v) is 20.1. The van der Waals surface area contributed by atoms with Crippen molar-refractivity contribution in [1.82, 2.24) is 15.6 Å². The zero-order chi connectivity index (χ0) is 41.5. The molecule has 2 fully saturated rings. The molecule has 1 atom stereocenters. The minimum Gasteiger partial charge on any atom is -0.459 e. The summed E-state index contributed by atoms with van der Waals surface area (Å²) in [4.78, 5) is 69.1. The van der Waals surface area contributed by atoms with Crippen LogP contribution in [0.25, 0.3) is 11.1 Å². The molecule has 0 radical (unpaired) electrons. The molecular weight excluding hydrogens is 776 g/mol. The average Bonchev–Trinajstić information content (AvgIpc) is 3.80. The number of halogens is 1. The molecule has 0 unspecified atom stereocenters. The second-order valence-electron chi connectivity index (χ2n) is 14.5. The predicted molar refractivity (Wildman–Crippen MR) is 225 cm³/mol. The van der Waals surface area contributed by atoms with Crippen LogP contribution in [0.1, 0.15) is 53.6 Å². The Morgan fingerprint density at radius 3 is 2.22 bits per heavy atom. The zero-order valence-electron chi connectivity index (χ0n) is 32.6. The van der Waals surface area contributed by atoms with Gasteiger partial charge in [-0.2, -0.15) is 0 Å². The minimum absolute atomic E-state index is 0.0237. The number of piperazine rings is 1. The van der Waals surface area contributed by atoms with Crippen LogP contribution < -0.4 is 26.0 Å². The summed E-state index contributed by atoms with van der Waals surface area (Å²) >= 11 is 5.17. The third kappa shape index (κ3) is 9.58. The molecule has 3 aliphatic rings. The molecular formula is C44H45FN6O7S. The number of carbonyl (C=O) groups excluding carboxylic acids is 5. The van der Waals surface area contributed by atoms with Crippen molar-refractivity contribution >= 4 is 63.8 Å². The van der Waals surface area contributed by atoms with Crippen LogP contribution in [0.2, 0.25) is 0 Å². The van der Waals surface area contributed by atoms with Crippen molar-refractivity contribution in [3.05, 3.63) is 114 Å². The highest BCUT2D eigenvalue weighted by atomic mass is 32.1. The first kappa shape index (κ1) is 41.0. The molecule has 306 valence electrons. The average molecular weight is 821 g/mol. The summed E-state index contributed by atoms with van der Waals surface area (Å²) in [6, 6.07) is 27.1. The lowest BCUT2D eigenvalue weighted by molar-refractivity contribution is -0.153. The predicted octanol–water partition coefficient (Wildman–Crippen LogP) is 5.63. The lowest BCUT2D eigenvalue weighted by Crippen LogP contribution is -2.49. The van der Waals surface area contributed by atoms with Crippen molar-refractivity contribution in [2.45, 2.75) is 38.2 Å². The van der Waals surface area contributed by atoms with E-state index < -0.39 is 29.8 Å². The Hall–Kier alpha value is -6.19. The van der Waals surface area contributed by atoms with E-state index >= 15 is 4.39 Å². The van der Waals surface area contributed by atoms with Gasteiger partial charge < -0.3 is 30.0 Å². The molecule has 4 aromatic carbocycles. The number of nitrogens with one attached hydrogen (secondary N) is 3. The Kier molecular flexibility index (Phi) is 12.9. The summed E-state index contributed by atoms with van der Waals surface area (Å²) in [6.07, 6.45) is -0.199. The molecule has 4 aromatic rings. The Balaban J connectivity index is 0.801. The first-order valence-electron chi connectivity index (χ1n) is 19.7. The van der Waals surface area contributed by atoms with Gasteiger partial charge in [0.05, 0.1) is 36.0 Å². The number of esters is 1. The van der Waals surface area contributed by atoms with Crippen molar-refractivity contribution in [3.63, 3.8) is 0 Å². The molecule has 0 saturated carbocycles. The van der Waals surface area contributed by atoms with E-state index in [4.69, 9.17) is 21.7 Å². The highest BCUT2D eigenvalue weighted by molar-refractivity contribution is 7.80. The van der Waals surface area contributed by atoms with Gasteiger partial charge in [0.2, 0.25) is 5.91 Å². The number of benzene rings is 4. The van der Waals surface area contributed by atoms with Gasteiger partial charge in [-0.3, -0.25) is 19.3 Å². The maximum Gasteiger partial charge on any atom is 0.414 e. The Bertz CT molecular complexity index is 2200. The molecule has 0 bridgehead atoms. The number of fused-ring (bicyclic) bond motifs is 3. The molecule has 3 N–H and O–H groups in total. The summed E-state index contributed by atoms with van der Waals surface area (Å²) < 4.78 is 26.2. The maximum absolute atomic E-state index is 15.3. The fourth-order valence-corrected chi connectivity index (χ4v) is 7.63. The Morgan fingerprint density at radius 1 is 0.881 bits per heavy atom. The number of anilines is 3. The number of ketones is 2. The first-order chi connectivity index (χ1) is 28.6. The summed E-state index contributed by atoms with van der Waals surface area (Å²) in [6.45, 7) is 3.91. The van der Waals surface area contributed by atoms with Crippen LogP contribution in [-0.4, -0.2) is 97.9 Å². The number of cyclic esters (lactones) is 1. The van der Waals surface area contributed by atoms with Crippen LogP contribution in [0.3, 0.4) is 0 Å². The SMILES string of the molecule is CCC(=S)NC[C@H]1CN(c2ccc(N3CCN(C(=O)CCC(=O)c4ccc(NNCC(=O)C(=O)OCC5c6ccccc6-c6ccccc65)cc4)CC3)c(F)c2)C(=O)O1. The Morgan fingerprint density at radius 2 is 1.56 bits per heavy atom. The van der Waals surface area contributed by atoms with Gasteiger partial charge in [-0.1, -0.05) is 67.7 Å². The van der Waals surface area contributed by atoms with E-state index in [0.717, 1.165) is 22.3 Å². The molecule has 15 heteroatoms. The number of thiocarbonyl (C=S) groups is 1. The standard InChI is InChI=1S/C44H45FN6O7S/c1-2-41(59)46-24-31-26-51(44(56)58-31)30-15-16-38(37(45)23-30)49-19-21-50(22-20-49)42(54)18-17-39(52)28-11-13-29(14-12-28)48-47-25-40(53)43(55)57-27-36-34-9-5-3-7-32(34)33-8-4-6-10-35(33)36/h3-16,23,31,36,47-48H,2,17-22,24-27H2,1H3,(H,46,59)/t31-/m0/s1. The topological polar surface area (TPSA) is 150 Å². The van der Waals surface area contributed by atoms with Gasteiger partial charge in [-0.15, -0.1) is 0 Å². The number of Topliss-reactive ketones (excluding diaryl/α,β-unsaturated/α-hetero) is 2. The lowest BCUT2D eigenvalue weighted by atomic mass is 9.98. The van der Waals surface area contributed by atoms with Crippen molar-refractivity contribution < 1.29 is 37.8 Å². The fourth-order valence-electron chi connectivity index (χ4n) is 7.55. The van der Waals surface area contributed by atoms with E-state index in [1.54, 1.807) is 41.3 Å². The highest BCUT2D eigenvalue weighted by Gasteiger charge is 2.34. The van der Waals surface area contributed by atoms with Gasteiger partial charge in [0.15, 0.2) is 5.78 Å². The molecule has 59 heavy (non-hydrogen) atoms. The maximum atomic E-state index is 15.3. The molecule has 2 saturated heterocycles. The summed E-state index contributed by atoms with van der Waals surface area (Å²) in [5.41, 5.74) is 11.7. The number of hydrazine groups is 1.